The van der Waals surface area contributed by atoms with Crippen LogP contribution >= 0.6 is 27.3 Å². The summed E-state index contributed by atoms with van der Waals surface area (Å²) in [4.78, 5) is 22.5. The number of furan rings is 1. The molecule has 5 N–H and O–H groups in total. The summed E-state index contributed by atoms with van der Waals surface area (Å²) in [6.45, 7) is 0. The number of carbonyl (C=O) groups is 2. The maximum absolute atomic E-state index is 11.4. The molecule has 0 fully saturated rings. The molecular formula is C12H8BrN3O3S. The fraction of sp³-hybridized carbons (Fsp3) is 0. The van der Waals surface area contributed by atoms with Gasteiger partial charge in [0.1, 0.15) is 5.69 Å². The number of halogens is 1. The second kappa shape index (κ2) is 4.50. The number of nitrogens with two attached hydrogens (primary N) is 2. The second-order valence-electron chi connectivity index (χ2n) is 4.06. The van der Waals surface area contributed by atoms with Gasteiger partial charge in [-0.25, -0.2) is 4.79 Å². The van der Waals surface area contributed by atoms with Crippen molar-refractivity contribution in [1.82, 2.24) is 0 Å². The topological polar surface area (TPSA) is 111 Å². The molecule has 0 radical (unpaired) electrons. The van der Waals surface area contributed by atoms with E-state index in [0.29, 0.717) is 10.3 Å². The lowest BCUT2D eigenvalue weighted by Gasteiger charge is -1.99. The number of hydrogen-bond acceptors (Lipinski definition) is 4. The molecule has 102 valence electrons. The van der Waals surface area contributed by atoms with Gasteiger partial charge in [0.15, 0.2) is 5.58 Å². The summed E-state index contributed by atoms with van der Waals surface area (Å²) in [6, 6.07) is 4.87. The van der Waals surface area contributed by atoms with Crippen molar-refractivity contribution >= 4 is 65.3 Å². The van der Waals surface area contributed by atoms with E-state index in [2.05, 4.69) is 21.2 Å². The first-order chi connectivity index (χ1) is 9.47. The normalized spacial score (nSPS) is 11.1. The van der Waals surface area contributed by atoms with Gasteiger partial charge in [0.2, 0.25) is 5.76 Å². The summed E-state index contributed by atoms with van der Waals surface area (Å²) in [6.07, 6.45) is 0. The van der Waals surface area contributed by atoms with E-state index in [-0.39, 0.29) is 11.4 Å². The van der Waals surface area contributed by atoms with Crippen LogP contribution in [-0.2, 0) is 0 Å². The van der Waals surface area contributed by atoms with Gasteiger partial charge in [0, 0.05) is 14.6 Å². The first kappa shape index (κ1) is 12.9. The molecule has 3 amide bonds. The molecule has 6 nitrogen and oxygen atoms in total. The van der Waals surface area contributed by atoms with Gasteiger partial charge in [0.05, 0.1) is 4.70 Å². The highest BCUT2D eigenvalue weighted by atomic mass is 79.9. The third kappa shape index (κ3) is 1.93. The van der Waals surface area contributed by atoms with Crippen LogP contribution in [0.2, 0.25) is 0 Å². The Balaban J connectivity index is 2.36. The molecule has 0 unspecified atom stereocenters. The number of thiophene rings is 1. The number of fused-ring (bicyclic) bond motifs is 3. The van der Waals surface area contributed by atoms with Crippen LogP contribution in [0.4, 0.5) is 10.5 Å². The van der Waals surface area contributed by atoms with Crippen LogP contribution in [0, 0.1) is 0 Å². The predicted octanol–water partition coefficient (Wildman–Crippen LogP) is 3.00. The Morgan fingerprint density at radius 2 is 2.05 bits per heavy atom. The van der Waals surface area contributed by atoms with Crippen molar-refractivity contribution in [2.75, 3.05) is 5.32 Å². The Morgan fingerprint density at radius 3 is 2.70 bits per heavy atom. The van der Waals surface area contributed by atoms with E-state index in [4.69, 9.17) is 15.9 Å². The highest BCUT2D eigenvalue weighted by Crippen LogP contribution is 2.42. The van der Waals surface area contributed by atoms with E-state index in [1.807, 2.05) is 18.2 Å². The van der Waals surface area contributed by atoms with Crippen LogP contribution in [0.1, 0.15) is 10.6 Å². The molecule has 0 saturated heterocycles. The zero-order valence-electron chi connectivity index (χ0n) is 9.90. The molecule has 8 heteroatoms. The molecule has 0 atom stereocenters. The maximum atomic E-state index is 11.4. The lowest BCUT2D eigenvalue weighted by Crippen LogP contribution is -2.21. The van der Waals surface area contributed by atoms with Gasteiger partial charge < -0.3 is 21.2 Å². The minimum atomic E-state index is -0.783. The van der Waals surface area contributed by atoms with E-state index in [1.165, 1.54) is 11.3 Å². The van der Waals surface area contributed by atoms with Crippen molar-refractivity contribution in [2.24, 2.45) is 11.5 Å². The average molecular weight is 354 g/mol. The third-order valence-electron chi connectivity index (χ3n) is 2.74. The molecule has 0 aliphatic rings. The molecule has 0 saturated carbocycles. The van der Waals surface area contributed by atoms with Crippen molar-refractivity contribution in [3.63, 3.8) is 0 Å². The summed E-state index contributed by atoms with van der Waals surface area (Å²) in [5, 5.41) is 3.24. The highest BCUT2D eigenvalue weighted by molar-refractivity contribution is 9.10. The third-order valence-corrected chi connectivity index (χ3v) is 4.38. The molecule has 2 aromatic heterocycles. The molecule has 20 heavy (non-hydrogen) atoms. The SMILES string of the molecule is NC(=O)Nc1c(C(N)=O)oc2c1sc1cc(Br)ccc12. The van der Waals surface area contributed by atoms with Gasteiger partial charge in [-0.3, -0.25) is 4.79 Å². The van der Waals surface area contributed by atoms with E-state index in [0.717, 1.165) is 14.6 Å². The van der Waals surface area contributed by atoms with Crippen LogP contribution in [0.25, 0.3) is 20.4 Å². The summed E-state index contributed by atoms with van der Waals surface area (Å²) < 4.78 is 8.01. The number of amides is 3. The first-order valence-electron chi connectivity index (χ1n) is 5.48. The molecule has 3 rings (SSSR count). The second-order valence-corrected chi connectivity index (χ2v) is 6.03. The fourth-order valence-electron chi connectivity index (χ4n) is 1.98. The van der Waals surface area contributed by atoms with Gasteiger partial charge in [0.25, 0.3) is 5.91 Å². The van der Waals surface area contributed by atoms with E-state index < -0.39 is 11.9 Å². The first-order valence-corrected chi connectivity index (χ1v) is 7.09. The van der Waals surface area contributed by atoms with E-state index in [9.17, 15) is 9.59 Å². The Morgan fingerprint density at radius 1 is 1.30 bits per heavy atom. The van der Waals surface area contributed by atoms with Gasteiger partial charge in [-0.05, 0) is 18.2 Å². The molecule has 0 bridgehead atoms. The Bertz CT molecular complexity index is 868. The van der Waals surface area contributed by atoms with Gasteiger partial charge >= 0.3 is 6.03 Å². The van der Waals surface area contributed by atoms with E-state index in [1.54, 1.807) is 0 Å². The molecule has 2 heterocycles. The monoisotopic (exact) mass is 353 g/mol. The Hall–Kier alpha value is -2.06. The van der Waals surface area contributed by atoms with Crippen molar-refractivity contribution in [3.8, 4) is 0 Å². The lowest BCUT2D eigenvalue weighted by atomic mass is 10.2. The molecule has 1 aromatic carbocycles. The Labute approximate surface area is 124 Å². The van der Waals surface area contributed by atoms with Crippen molar-refractivity contribution in [3.05, 3.63) is 28.4 Å². The van der Waals surface area contributed by atoms with Crippen LogP contribution in [0.15, 0.2) is 27.1 Å². The number of anilines is 1. The highest BCUT2D eigenvalue weighted by Gasteiger charge is 2.23. The summed E-state index contributed by atoms with van der Waals surface area (Å²) in [7, 11) is 0. The van der Waals surface area contributed by atoms with Crippen LogP contribution in [0.3, 0.4) is 0 Å². The smallest absolute Gasteiger partial charge is 0.316 e. The van der Waals surface area contributed by atoms with Gasteiger partial charge in [-0.1, -0.05) is 15.9 Å². The van der Waals surface area contributed by atoms with Crippen molar-refractivity contribution in [2.45, 2.75) is 0 Å². The van der Waals surface area contributed by atoms with Crippen LogP contribution in [-0.4, -0.2) is 11.9 Å². The number of rotatable bonds is 2. The average Bonchev–Trinajstić information content (AvgIpc) is 2.85. The molecule has 3 aromatic rings. The quantitative estimate of drug-likeness (QED) is 0.658. The zero-order chi connectivity index (χ0) is 14.4. The Kier molecular flexibility index (Phi) is 2.91. The zero-order valence-corrected chi connectivity index (χ0v) is 12.3. The molecule has 0 aliphatic carbocycles. The molecular weight excluding hydrogens is 346 g/mol. The maximum Gasteiger partial charge on any atom is 0.316 e. The summed E-state index contributed by atoms with van der Waals surface area (Å²) in [5.41, 5.74) is 11.1. The molecule has 0 aliphatic heterocycles. The van der Waals surface area contributed by atoms with Crippen LogP contribution in [0.5, 0.6) is 0 Å². The number of hydrogen-bond donors (Lipinski definition) is 3. The minimum absolute atomic E-state index is 0.102. The van der Waals surface area contributed by atoms with Gasteiger partial charge in [-0.2, -0.15) is 0 Å². The van der Waals surface area contributed by atoms with Crippen LogP contribution < -0.4 is 16.8 Å². The largest absolute Gasteiger partial charge is 0.447 e. The van der Waals surface area contributed by atoms with E-state index >= 15 is 0 Å². The molecule has 0 spiro atoms. The van der Waals surface area contributed by atoms with Gasteiger partial charge in [-0.15, -0.1) is 11.3 Å². The number of carbonyl (C=O) groups excluding carboxylic acids is 2. The number of urea groups is 1. The summed E-state index contributed by atoms with van der Waals surface area (Å²) in [5.74, 6) is -0.864. The van der Waals surface area contributed by atoms with Crippen molar-refractivity contribution < 1.29 is 14.0 Å². The number of primary amides is 2. The number of benzene rings is 1. The lowest BCUT2D eigenvalue weighted by molar-refractivity contribution is 0.0977. The fourth-order valence-corrected chi connectivity index (χ4v) is 3.66. The minimum Gasteiger partial charge on any atom is -0.447 e. The predicted molar refractivity (Wildman–Crippen MR) is 81.0 cm³/mol. The van der Waals surface area contributed by atoms with Crippen molar-refractivity contribution in [1.29, 1.82) is 0 Å². The summed E-state index contributed by atoms with van der Waals surface area (Å²) >= 11 is 4.77. The standard InChI is InChI=1S/C12H8BrN3O3S/c13-4-1-2-5-6(3-4)20-10-7(16-12(15)18)9(11(14)17)19-8(5)10/h1-3H,(H2,14,17)(H3,15,16,18). The number of nitrogens with one attached hydrogen (secondary N) is 1.